The van der Waals surface area contributed by atoms with Gasteiger partial charge in [-0.25, -0.2) is 9.13 Å². The van der Waals surface area contributed by atoms with Crippen molar-refractivity contribution >= 4 is 15.6 Å². The van der Waals surface area contributed by atoms with Gasteiger partial charge >= 0.3 is 15.6 Å². The highest BCUT2D eigenvalue weighted by Crippen LogP contribution is 2.61. The molecule has 3 atom stereocenters. The van der Waals surface area contributed by atoms with Crippen LogP contribution in [-0.2, 0) is 22.5 Å². The molecule has 0 aromatic carbocycles. The van der Waals surface area contributed by atoms with Gasteiger partial charge < -0.3 is 9.42 Å². The molecule has 0 heterocycles. The summed E-state index contributed by atoms with van der Waals surface area (Å²) in [5.74, 6) is 0. The highest BCUT2D eigenvalue weighted by Gasteiger charge is 2.37. The van der Waals surface area contributed by atoms with Gasteiger partial charge in [0.25, 0.3) is 0 Å². The minimum absolute atomic E-state index is 0.312. The van der Waals surface area contributed by atoms with Gasteiger partial charge in [-0.3, -0.25) is 9.42 Å². The van der Waals surface area contributed by atoms with Crippen LogP contribution >= 0.6 is 15.6 Å². The Hall–Kier alpha value is -1.20. The van der Waals surface area contributed by atoms with Crippen molar-refractivity contribution in [3.63, 3.8) is 0 Å². The number of phosphoric ester groups is 2. The first-order valence-corrected chi connectivity index (χ1v) is 13.2. The van der Waals surface area contributed by atoms with Gasteiger partial charge in [0.1, 0.15) is 0 Å². The van der Waals surface area contributed by atoms with Crippen LogP contribution < -0.4 is 0 Å². The molecule has 0 aliphatic rings. The maximum absolute atomic E-state index is 12.3. The fourth-order valence-corrected chi connectivity index (χ4v) is 4.60. The molecule has 178 valence electrons. The number of rotatable bonds is 15. The monoisotopic (exact) mass is 476 g/mol. The van der Waals surface area contributed by atoms with E-state index in [4.69, 9.17) is 4.52 Å². The lowest BCUT2D eigenvalue weighted by Crippen LogP contribution is -2.09. The molecule has 2 N–H and O–H groups in total. The SMILES string of the molecule is C=COP(=O)(O)OP(=O)(O)OC(C=C(C)CCC=C(C)C)CC=C(C)CCC=C(C)C. The Morgan fingerprint density at radius 3 is 1.87 bits per heavy atom. The zero-order chi connectivity index (χ0) is 24.1. The first-order valence-electron chi connectivity index (χ1n) is 10.2. The number of hydrogen-bond donors (Lipinski definition) is 2. The average Bonchev–Trinajstić information content (AvgIpc) is 2.57. The van der Waals surface area contributed by atoms with Gasteiger partial charge in [-0.15, -0.1) is 0 Å². The molecule has 0 spiro atoms. The minimum Gasteiger partial charge on any atom is -0.412 e. The highest BCUT2D eigenvalue weighted by molar-refractivity contribution is 7.61. The fourth-order valence-electron chi connectivity index (χ4n) is 2.57. The Bertz CT molecular complexity index is 786. The van der Waals surface area contributed by atoms with Crippen LogP contribution in [0.2, 0.25) is 0 Å². The van der Waals surface area contributed by atoms with E-state index in [0.29, 0.717) is 12.7 Å². The molecule has 0 saturated heterocycles. The van der Waals surface area contributed by atoms with Crippen molar-refractivity contribution in [2.45, 2.75) is 79.8 Å². The lowest BCUT2D eigenvalue weighted by Gasteiger charge is -2.19. The second-order valence-corrected chi connectivity index (χ2v) is 10.8. The molecule has 0 aromatic rings. The second-order valence-electron chi connectivity index (χ2n) is 7.87. The smallest absolute Gasteiger partial charge is 0.412 e. The zero-order valence-corrected chi connectivity index (χ0v) is 21.3. The summed E-state index contributed by atoms with van der Waals surface area (Å²) in [6.45, 7) is 15.1. The van der Waals surface area contributed by atoms with Gasteiger partial charge in [0.05, 0.1) is 12.4 Å². The third-order valence-electron chi connectivity index (χ3n) is 4.03. The molecule has 9 heteroatoms. The Kier molecular flexibility index (Phi) is 14.2. The summed E-state index contributed by atoms with van der Waals surface area (Å²) in [4.78, 5) is 19.4. The minimum atomic E-state index is -4.87. The molecule has 0 amide bonds. The summed E-state index contributed by atoms with van der Waals surface area (Å²) in [6.07, 6.45) is 11.4. The Balaban J connectivity index is 5.40. The van der Waals surface area contributed by atoms with Crippen LogP contribution in [0, 0.1) is 0 Å². The maximum Gasteiger partial charge on any atom is 0.535 e. The van der Waals surface area contributed by atoms with E-state index in [9.17, 15) is 18.9 Å². The summed E-state index contributed by atoms with van der Waals surface area (Å²) in [5, 5.41) is 0. The topological polar surface area (TPSA) is 102 Å². The molecule has 0 aliphatic carbocycles. The second kappa shape index (κ2) is 14.8. The molecule has 0 bridgehead atoms. The molecule has 7 nitrogen and oxygen atoms in total. The third-order valence-corrected chi connectivity index (χ3v) is 6.64. The quantitative estimate of drug-likeness (QED) is 0.143. The van der Waals surface area contributed by atoms with Crippen LogP contribution in [0.1, 0.15) is 73.6 Å². The maximum atomic E-state index is 12.3. The van der Waals surface area contributed by atoms with Crippen molar-refractivity contribution in [1.29, 1.82) is 0 Å². The summed E-state index contributed by atoms with van der Waals surface area (Å²) < 4.78 is 37.8. The Labute approximate surface area is 187 Å². The zero-order valence-electron chi connectivity index (χ0n) is 19.5. The van der Waals surface area contributed by atoms with E-state index < -0.39 is 21.7 Å². The first kappa shape index (κ1) is 29.8. The molecule has 3 unspecified atom stereocenters. The van der Waals surface area contributed by atoms with Crippen molar-refractivity contribution in [2.75, 3.05) is 0 Å². The van der Waals surface area contributed by atoms with E-state index in [-0.39, 0.29) is 0 Å². The van der Waals surface area contributed by atoms with Crippen LogP contribution in [0.4, 0.5) is 0 Å². The van der Waals surface area contributed by atoms with Crippen molar-refractivity contribution in [2.24, 2.45) is 0 Å². The molecule has 0 radical (unpaired) electrons. The molecule has 0 aromatic heterocycles. The molecular weight excluding hydrogens is 438 g/mol. The predicted octanol–water partition coefficient (Wildman–Crippen LogP) is 7.52. The largest absolute Gasteiger partial charge is 0.535 e. The normalized spacial score (nSPS) is 17.2. The average molecular weight is 476 g/mol. The van der Waals surface area contributed by atoms with Crippen LogP contribution in [0.3, 0.4) is 0 Å². The van der Waals surface area contributed by atoms with E-state index in [1.165, 1.54) is 11.1 Å². The van der Waals surface area contributed by atoms with Gasteiger partial charge in [0, 0.05) is 0 Å². The standard InChI is InChI=1S/C22H38O7P2/c1-8-27-30(23,24)29-31(25,26)28-22(17-21(7)14-10-12-19(4)5)16-15-20(6)13-9-11-18(2)3/h8,11-12,15,17,22H,1,9-10,13-14,16H2,2-7H3,(H,23,24)(H,25,26). The molecule has 0 rings (SSSR count). The van der Waals surface area contributed by atoms with E-state index in [1.807, 2.05) is 47.6 Å². The fraction of sp³-hybridized carbons (Fsp3) is 0.545. The predicted molar refractivity (Wildman–Crippen MR) is 126 cm³/mol. The summed E-state index contributed by atoms with van der Waals surface area (Å²) in [5.41, 5.74) is 4.54. The van der Waals surface area contributed by atoms with E-state index in [2.05, 4.69) is 27.6 Å². The first-order chi connectivity index (χ1) is 14.3. The van der Waals surface area contributed by atoms with Crippen LogP contribution in [-0.4, -0.2) is 15.9 Å². The van der Waals surface area contributed by atoms with Gasteiger partial charge in [-0.2, -0.15) is 4.31 Å². The summed E-state index contributed by atoms with van der Waals surface area (Å²) >= 11 is 0. The van der Waals surface area contributed by atoms with E-state index in [0.717, 1.165) is 36.8 Å². The number of phosphoric acid groups is 2. The Morgan fingerprint density at radius 2 is 1.39 bits per heavy atom. The summed E-state index contributed by atoms with van der Waals surface area (Å²) in [6, 6.07) is 0. The van der Waals surface area contributed by atoms with Gasteiger partial charge in [-0.1, -0.05) is 53.2 Å². The molecular formula is C22H38O7P2. The van der Waals surface area contributed by atoms with E-state index >= 15 is 0 Å². The molecule has 0 saturated carbocycles. The molecule has 0 fully saturated rings. The van der Waals surface area contributed by atoms with Gasteiger partial charge in [-0.05, 0) is 73.6 Å². The van der Waals surface area contributed by atoms with Crippen LogP contribution in [0.5, 0.6) is 0 Å². The van der Waals surface area contributed by atoms with E-state index in [1.54, 1.807) is 6.08 Å². The van der Waals surface area contributed by atoms with Gasteiger partial charge in [0.15, 0.2) is 0 Å². The van der Waals surface area contributed by atoms with Crippen molar-refractivity contribution in [3.8, 4) is 0 Å². The lowest BCUT2D eigenvalue weighted by atomic mass is 10.0. The lowest BCUT2D eigenvalue weighted by molar-refractivity contribution is 0.149. The van der Waals surface area contributed by atoms with Crippen LogP contribution in [0.15, 0.2) is 59.4 Å². The van der Waals surface area contributed by atoms with Gasteiger partial charge in [0.2, 0.25) is 0 Å². The molecule has 0 aliphatic heterocycles. The highest BCUT2D eigenvalue weighted by atomic mass is 31.3. The number of allylic oxidation sites excluding steroid dienone is 6. The summed E-state index contributed by atoms with van der Waals surface area (Å²) in [7, 11) is -9.67. The third kappa shape index (κ3) is 17.1. The molecule has 31 heavy (non-hydrogen) atoms. The van der Waals surface area contributed by atoms with Crippen LogP contribution in [0.25, 0.3) is 0 Å². The number of hydrogen-bond acceptors (Lipinski definition) is 5. The Morgan fingerprint density at radius 1 is 0.871 bits per heavy atom. The van der Waals surface area contributed by atoms with Crippen molar-refractivity contribution < 1.29 is 32.3 Å². The van der Waals surface area contributed by atoms with Crippen molar-refractivity contribution in [3.05, 3.63) is 59.4 Å². The van der Waals surface area contributed by atoms with Crippen molar-refractivity contribution in [1.82, 2.24) is 0 Å².